The third-order valence-corrected chi connectivity index (χ3v) is 7.30. The summed E-state index contributed by atoms with van der Waals surface area (Å²) in [6.45, 7) is 1.94. The van der Waals surface area contributed by atoms with Gasteiger partial charge in [-0.2, -0.15) is 5.10 Å². The first-order valence-corrected chi connectivity index (χ1v) is 11.9. The highest BCUT2D eigenvalue weighted by atomic mass is 19.1. The Morgan fingerprint density at radius 3 is 2.42 bits per heavy atom. The molecule has 0 radical (unpaired) electrons. The highest BCUT2D eigenvalue weighted by molar-refractivity contribution is 5.76. The molecule has 0 aliphatic carbocycles. The summed E-state index contributed by atoms with van der Waals surface area (Å²) in [5.41, 5.74) is 1.26. The van der Waals surface area contributed by atoms with Crippen LogP contribution in [0.1, 0.15) is 37.7 Å². The van der Waals surface area contributed by atoms with Gasteiger partial charge in [-0.05, 0) is 61.9 Å². The predicted molar refractivity (Wildman–Crippen MR) is 127 cm³/mol. The van der Waals surface area contributed by atoms with Crippen molar-refractivity contribution in [3.63, 3.8) is 0 Å². The second-order valence-corrected chi connectivity index (χ2v) is 9.53. The highest BCUT2D eigenvalue weighted by Crippen LogP contribution is 2.34. The molecule has 0 saturated carbocycles. The summed E-state index contributed by atoms with van der Waals surface area (Å²) < 4.78 is 13.3. The summed E-state index contributed by atoms with van der Waals surface area (Å²) in [6, 6.07) is 17.0. The third-order valence-electron chi connectivity index (χ3n) is 7.30. The Morgan fingerprint density at radius 1 is 1.03 bits per heavy atom. The molecule has 7 heteroatoms. The van der Waals surface area contributed by atoms with Crippen LogP contribution < -0.4 is 5.01 Å². The minimum atomic E-state index is -0.828. The van der Waals surface area contributed by atoms with Crippen molar-refractivity contribution in [2.24, 2.45) is 5.10 Å². The lowest BCUT2D eigenvalue weighted by Crippen LogP contribution is -2.59. The topological polar surface area (TPSA) is 59.4 Å². The van der Waals surface area contributed by atoms with Crippen LogP contribution in [-0.2, 0) is 6.42 Å². The van der Waals surface area contributed by atoms with E-state index in [0.717, 1.165) is 31.5 Å². The molecule has 0 bridgehead atoms. The molecule has 2 aromatic rings. The SMILES string of the molecule is O=C(N1CCC(O)(CC2CC=NN2c2ccc(F)cc2)CC1)N1CCC1Cc1ccccc1. The maximum absolute atomic E-state index is 13.3. The molecule has 2 atom stereocenters. The third kappa shape index (κ3) is 4.74. The van der Waals surface area contributed by atoms with Crippen molar-refractivity contribution in [1.82, 2.24) is 9.80 Å². The molecule has 2 amide bonds. The molecule has 1 N–H and O–H groups in total. The first-order valence-electron chi connectivity index (χ1n) is 11.9. The van der Waals surface area contributed by atoms with E-state index >= 15 is 0 Å². The molecule has 6 nitrogen and oxygen atoms in total. The van der Waals surface area contributed by atoms with Crippen LogP contribution in [-0.4, -0.2) is 64.5 Å². The number of piperidine rings is 1. The van der Waals surface area contributed by atoms with E-state index in [1.165, 1.54) is 17.7 Å². The molecule has 3 aliphatic heterocycles. The maximum Gasteiger partial charge on any atom is 0.320 e. The number of amides is 2. The van der Waals surface area contributed by atoms with Crippen LogP contribution in [0.2, 0.25) is 0 Å². The first-order chi connectivity index (χ1) is 16.0. The van der Waals surface area contributed by atoms with Crippen molar-refractivity contribution in [2.45, 2.75) is 56.2 Å². The van der Waals surface area contributed by atoms with Crippen molar-refractivity contribution < 1.29 is 14.3 Å². The van der Waals surface area contributed by atoms with Gasteiger partial charge in [-0.1, -0.05) is 30.3 Å². The fraction of sp³-hybridized carbons (Fsp3) is 0.462. The number of rotatable bonds is 5. The van der Waals surface area contributed by atoms with Gasteiger partial charge >= 0.3 is 6.03 Å². The Morgan fingerprint density at radius 2 is 1.76 bits per heavy atom. The van der Waals surface area contributed by atoms with E-state index in [4.69, 9.17) is 0 Å². The van der Waals surface area contributed by atoms with Gasteiger partial charge in [0, 0.05) is 38.3 Å². The second kappa shape index (κ2) is 9.14. The Bertz CT molecular complexity index is 989. The van der Waals surface area contributed by atoms with Crippen molar-refractivity contribution in [3.8, 4) is 0 Å². The van der Waals surface area contributed by atoms with Gasteiger partial charge in [0.15, 0.2) is 0 Å². The molecule has 0 aromatic heterocycles. The molecule has 0 spiro atoms. The molecule has 3 aliphatic rings. The summed E-state index contributed by atoms with van der Waals surface area (Å²) >= 11 is 0. The highest BCUT2D eigenvalue weighted by Gasteiger charge is 2.41. The van der Waals surface area contributed by atoms with Crippen molar-refractivity contribution in [2.75, 3.05) is 24.6 Å². The zero-order chi connectivity index (χ0) is 22.8. The number of aliphatic hydroxyl groups is 1. The van der Waals surface area contributed by atoms with Gasteiger partial charge in [0.05, 0.1) is 17.3 Å². The number of hydrogen-bond acceptors (Lipinski definition) is 4. The van der Waals surface area contributed by atoms with E-state index < -0.39 is 5.60 Å². The Kier molecular flexibility index (Phi) is 6.06. The number of carbonyl (C=O) groups is 1. The molecule has 33 heavy (non-hydrogen) atoms. The van der Waals surface area contributed by atoms with Gasteiger partial charge in [-0.15, -0.1) is 0 Å². The number of hydrazone groups is 1. The van der Waals surface area contributed by atoms with Crippen LogP contribution in [0.5, 0.6) is 0 Å². The van der Waals surface area contributed by atoms with Crippen molar-refractivity contribution in [1.29, 1.82) is 0 Å². The standard InChI is InChI=1S/C26H31FN4O2/c27-21-6-8-22(9-7-21)31-24(10-14-28-31)19-26(33)12-16-29(17-13-26)25(32)30-15-11-23(30)18-20-4-2-1-3-5-20/h1-9,14,23-24,33H,10-13,15-19H2. The number of hydrogen-bond donors (Lipinski definition) is 1. The van der Waals surface area contributed by atoms with E-state index in [9.17, 15) is 14.3 Å². The Balaban J connectivity index is 1.15. The fourth-order valence-electron chi connectivity index (χ4n) is 5.22. The summed E-state index contributed by atoms with van der Waals surface area (Å²) in [4.78, 5) is 17.0. The molecule has 2 aromatic carbocycles. The normalized spacial score (nSPS) is 24.1. The van der Waals surface area contributed by atoms with Gasteiger partial charge in [0.1, 0.15) is 5.82 Å². The molecular weight excluding hydrogens is 419 g/mol. The van der Waals surface area contributed by atoms with Crippen LogP contribution in [0.3, 0.4) is 0 Å². The predicted octanol–water partition coefficient (Wildman–Crippen LogP) is 4.04. The fourth-order valence-corrected chi connectivity index (χ4v) is 5.22. The van der Waals surface area contributed by atoms with Crippen LogP contribution in [0.15, 0.2) is 59.7 Å². The van der Waals surface area contributed by atoms with Gasteiger partial charge in [-0.3, -0.25) is 5.01 Å². The molecule has 2 unspecified atom stereocenters. The second-order valence-electron chi connectivity index (χ2n) is 9.53. The average Bonchev–Trinajstić information content (AvgIpc) is 3.26. The minimum Gasteiger partial charge on any atom is -0.390 e. The van der Waals surface area contributed by atoms with Gasteiger partial charge in [-0.25, -0.2) is 9.18 Å². The largest absolute Gasteiger partial charge is 0.390 e. The summed E-state index contributed by atoms with van der Waals surface area (Å²) in [5, 5.41) is 17.6. The lowest BCUT2D eigenvalue weighted by molar-refractivity contribution is -0.0295. The Labute approximate surface area is 194 Å². The van der Waals surface area contributed by atoms with Gasteiger partial charge in [0.2, 0.25) is 0 Å². The lowest BCUT2D eigenvalue weighted by atomic mass is 9.84. The number of carbonyl (C=O) groups excluding carboxylic acids is 1. The quantitative estimate of drug-likeness (QED) is 0.748. The van der Waals surface area contributed by atoms with Crippen LogP contribution in [0.4, 0.5) is 14.9 Å². The zero-order valence-electron chi connectivity index (χ0n) is 18.8. The monoisotopic (exact) mass is 450 g/mol. The molecular formula is C26H31FN4O2. The number of nitrogens with zero attached hydrogens (tertiary/aromatic N) is 4. The smallest absolute Gasteiger partial charge is 0.320 e. The summed E-state index contributed by atoms with van der Waals surface area (Å²) in [5.74, 6) is -0.276. The van der Waals surface area contributed by atoms with Crippen LogP contribution in [0, 0.1) is 5.82 Å². The zero-order valence-corrected chi connectivity index (χ0v) is 18.8. The number of anilines is 1. The van der Waals surface area contributed by atoms with E-state index in [-0.39, 0.29) is 23.9 Å². The first kappa shape index (κ1) is 21.9. The number of halogens is 1. The van der Waals surface area contributed by atoms with Gasteiger partial charge < -0.3 is 14.9 Å². The Hall–Kier alpha value is -2.93. The minimum absolute atomic E-state index is 0.0355. The van der Waals surface area contributed by atoms with Crippen molar-refractivity contribution in [3.05, 3.63) is 66.0 Å². The molecule has 2 saturated heterocycles. The molecule has 2 fully saturated rings. The van der Waals surface area contributed by atoms with E-state index in [1.54, 1.807) is 12.1 Å². The number of benzene rings is 2. The van der Waals surface area contributed by atoms with Gasteiger partial charge in [0.25, 0.3) is 0 Å². The van der Waals surface area contributed by atoms with E-state index in [0.29, 0.717) is 32.4 Å². The summed E-state index contributed by atoms with van der Waals surface area (Å²) in [7, 11) is 0. The van der Waals surface area contributed by atoms with Crippen LogP contribution >= 0.6 is 0 Å². The van der Waals surface area contributed by atoms with E-state index in [2.05, 4.69) is 17.2 Å². The number of likely N-dealkylation sites (tertiary alicyclic amines) is 2. The van der Waals surface area contributed by atoms with E-state index in [1.807, 2.05) is 39.2 Å². The van der Waals surface area contributed by atoms with Crippen molar-refractivity contribution >= 4 is 17.9 Å². The summed E-state index contributed by atoms with van der Waals surface area (Å²) in [6.07, 6.45) is 6.23. The molecule has 5 rings (SSSR count). The average molecular weight is 451 g/mol. The van der Waals surface area contributed by atoms with Crippen LogP contribution in [0.25, 0.3) is 0 Å². The lowest BCUT2D eigenvalue weighted by Gasteiger charge is -2.46. The number of urea groups is 1. The molecule has 3 heterocycles. The maximum atomic E-state index is 13.3. The molecule has 174 valence electrons.